The first-order valence-corrected chi connectivity index (χ1v) is 12.2. The van der Waals surface area contributed by atoms with Crippen LogP contribution in [0.2, 0.25) is 0 Å². The summed E-state index contributed by atoms with van der Waals surface area (Å²) in [6, 6.07) is 47.3. The molecule has 0 amide bonds. The molecule has 0 aliphatic rings. The van der Waals surface area contributed by atoms with Gasteiger partial charge in [0.05, 0.1) is 11.6 Å². The summed E-state index contributed by atoms with van der Waals surface area (Å²) in [5.74, 6) is 0. The van der Waals surface area contributed by atoms with E-state index in [4.69, 9.17) is 0 Å². The number of nitriles is 1. The lowest BCUT2D eigenvalue weighted by molar-refractivity contribution is 1.48. The molecule has 1 heteroatoms. The highest BCUT2D eigenvalue weighted by Gasteiger charge is 2.15. The van der Waals surface area contributed by atoms with Crippen molar-refractivity contribution < 1.29 is 0 Å². The molecule has 36 heavy (non-hydrogen) atoms. The number of hydrogen-bond acceptors (Lipinski definition) is 1. The molecule has 166 valence electrons. The van der Waals surface area contributed by atoms with Crippen LogP contribution >= 0.6 is 0 Å². The van der Waals surface area contributed by atoms with E-state index in [0.717, 1.165) is 11.1 Å². The van der Waals surface area contributed by atoms with Gasteiger partial charge in [-0.1, -0.05) is 103 Å². The zero-order valence-electron chi connectivity index (χ0n) is 19.6. The van der Waals surface area contributed by atoms with E-state index in [2.05, 4.69) is 115 Å². The molecule has 0 fully saturated rings. The highest BCUT2D eigenvalue weighted by atomic mass is 14.2. The molecule has 7 aromatic rings. The van der Waals surface area contributed by atoms with Crippen molar-refractivity contribution in [2.75, 3.05) is 0 Å². The van der Waals surface area contributed by atoms with Gasteiger partial charge in [0.1, 0.15) is 0 Å². The van der Waals surface area contributed by atoms with E-state index in [1.54, 1.807) is 0 Å². The molecular formula is C35H21N. The second-order valence-corrected chi connectivity index (χ2v) is 9.26. The number of benzene rings is 7. The Hall–Kier alpha value is -4.93. The second-order valence-electron chi connectivity index (χ2n) is 9.26. The summed E-state index contributed by atoms with van der Waals surface area (Å²) in [4.78, 5) is 0. The maximum atomic E-state index is 9.37. The van der Waals surface area contributed by atoms with Crippen LogP contribution in [-0.4, -0.2) is 0 Å². The largest absolute Gasteiger partial charge is 0.192 e. The summed E-state index contributed by atoms with van der Waals surface area (Å²) in [5.41, 5.74) is 5.23. The monoisotopic (exact) mass is 455 g/mol. The first-order chi connectivity index (χ1) is 17.8. The van der Waals surface area contributed by atoms with Crippen molar-refractivity contribution in [3.05, 3.63) is 133 Å². The zero-order valence-corrected chi connectivity index (χ0v) is 19.6. The standard InChI is InChI=1S/C35H21N/c36-22-23-9-7-10-24(19-23)25-11-8-12-26(20-25)33-21-34-29-15-2-1-13-27(29)28-14-3-5-17-31(28)35(34)32-18-6-4-16-30(32)33/h1-21H. The minimum absolute atomic E-state index is 0.674. The van der Waals surface area contributed by atoms with E-state index in [1.807, 2.05) is 18.2 Å². The van der Waals surface area contributed by atoms with Crippen LogP contribution in [0, 0.1) is 11.3 Å². The van der Waals surface area contributed by atoms with Crippen LogP contribution in [-0.2, 0) is 0 Å². The summed E-state index contributed by atoms with van der Waals surface area (Å²) < 4.78 is 0. The van der Waals surface area contributed by atoms with Crippen LogP contribution < -0.4 is 0 Å². The lowest BCUT2D eigenvalue weighted by Crippen LogP contribution is -1.89. The lowest BCUT2D eigenvalue weighted by atomic mass is 9.87. The number of hydrogen-bond donors (Lipinski definition) is 0. The molecule has 0 aliphatic carbocycles. The van der Waals surface area contributed by atoms with Gasteiger partial charge in [0.15, 0.2) is 0 Å². The Balaban J connectivity index is 1.59. The first kappa shape index (κ1) is 20.4. The molecule has 0 unspecified atom stereocenters. The predicted octanol–water partition coefficient (Wildman–Crippen LogP) is 9.51. The van der Waals surface area contributed by atoms with Crippen molar-refractivity contribution >= 4 is 43.1 Å². The predicted molar refractivity (Wildman–Crippen MR) is 152 cm³/mol. The van der Waals surface area contributed by atoms with Crippen molar-refractivity contribution in [3.8, 4) is 28.3 Å². The molecule has 7 aromatic carbocycles. The van der Waals surface area contributed by atoms with E-state index < -0.39 is 0 Å². The van der Waals surface area contributed by atoms with Gasteiger partial charge in [-0.3, -0.25) is 0 Å². The minimum Gasteiger partial charge on any atom is -0.192 e. The summed E-state index contributed by atoms with van der Waals surface area (Å²) in [5, 5.41) is 19.6. The van der Waals surface area contributed by atoms with Gasteiger partial charge in [0.25, 0.3) is 0 Å². The van der Waals surface area contributed by atoms with Gasteiger partial charge >= 0.3 is 0 Å². The summed E-state index contributed by atoms with van der Waals surface area (Å²) >= 11 is 0. The van der Waals surface area contributed by atoms with Gasteiger partial charge in [-0.15, -0.1) is 0 Å². The molecule has 0 aromatic heterocycles. The molecular weight excluding hydrogens is 434 g/mol. The van der Waals surface area contributed by atoms with E-state index >= 15 is 0 Å². The summed E-state index contributed by atoms with van der Waals surface area (Å²) in [6.45, 7) is 0. The Morgan fingerprint density at radius 1 is 0.389 bits per heavy atom. The number of nitrogens with zero attached hydrogens (tertiary/aromatic N) is 1. The minimum atomic E-state index is 0.674. The fourth-order valence-corrected chi connectivity index (χ4v) is 5.64. The lowest BCUT2D eigenvalue weighted by Gasteiger charge is -2.16. The molecule has 0 spiro atoms. The van der Waals surface area contributed by atoms with E-state index in [1.165, 1.54) is 54.2 Å². The maximum absolute atomic E-state index is 9.37. The Morgan fingerprint density at radius 2 is 0.889 bits per heavy atom. The Kier molecular flexibility index (Phi) is 4.59. The Morgan fingerprint density at radius 3 is 1.58 bits per heavy atom. The van der Waals surface area contributed by atoms with E-state index in [9.17, 15) is 5.26 Å². The van der Waals surface area contributed by atoms with Crippen molar-refractivity contribution in [2.45, 2.75) is 0 Å². The molecule has 7 rings (SSSR count). The summed E-state index contributed by atoms with van der Waals surface area (Å²) in [6.07, 6.45) is 0. The molecule has 0 radical (unpaired) electrons. The van der Waals surface area contributed by atoms with Crippen LogP contribution in [0.15, 0.2) is 127 Å². The van der Waals surface area contributed by atoms with Crippen LogP contribution in [0.25, 0.3) is 65.3 Å². The molecule has 1 nitrogen and oxygen atoms in total. The summed E-state index contributed by atoms with van der Waals surface area (Å²) in [7, 11) is 0. The molecule has 0 saturated heterocycles. The normalized spacial score (nSPS) is 11.3. The van der Waals surface area contributed by atoms with Crippen LogP contribution in [0.3, 0.4) is 0 Å². The third-order valence-corrected chi connectivity index (χ3v) is 7.25. The third-order valence-electron chi connectivity index (χ3n) is 7.25. The zero-order chi connectivity index (χ0) is 24.1. The Labute approximate surface area is 209 Å². The van der Waals surface area contributed by atoms with E-state index in [0.29, 0.717) is 5.56 Å². The van der Waals surface area contributed by atoms with Crippen molar-refractivity contribution in [1.29, 1.82) is 5.26 Å². The molecule has 0 aliphatic heterocycles. The third kappa shape index (κ3) is 3.09. The SMILES string of the molecule is N#Cc1cccc(-c2cccc(-c3cc4c5ccccc5c5ccccc5c4c4ccccc34)c2)c1. The van der Waals surface area contributed by atoms with Gasteiger partial charge < -0.3 is 0 Å². The average molecular weight is 456 g/mol. The molecule has 0 bridgehead atoms. The van der Waals surface area contributed by atoms with Gasteiger partial charge in [-0.25, -0.2) is 0 Å². The van der Waals surface area contributed by atoms with Crippen molar-refractivity contribution in [1.82, 2.24) is 0 Å². The van der Waals surface area contributed by atoms with Gasteiger partial charge in [0, 0.05) is 0 Å². The fourth-order valence-electron chi connectivity index (χ4n) is 5.64. The average Bonchev–Trinajstić information content (AvgIpc) is 2.96. The Bertz CT molecular complexity index is 2010. The van der Waals surface area contributed by atoms with Crippen molar-refractivity contribution in [3.63, 3.8) is 0 Å². The van der Waals surface area contributed by atoms with Crippen LogP contribution in [0.4, 0.5) is 0 Å². The highest BCUT2D eigenvalue weighted by molar-refractivity contribution is 6.33. The smallest absolute Gasteiger partial charge is 0.0991 e. The number of fused-ring (bicyclic) bond motifs is 8. The fraction of sp³-hybridized carbons (Fsp3) is 0. The first-order valence-electron chi connectivity index (χ1n) is 12.2. The number of rotatable bonds is 2. The maximum Gasteiger partial charge on any atom is 0.0991 e. The molecule has 0 N–H and O–H groups in total. The quantitative estimate of drug-likeness (QED) is 0.238. The molecule has 0 atom stereocenters. The van der Waals surface area contributed by atoms with Gasteiger partial charge in [0.2, 0.25) is 0 Å². The van der Waals surface area contributed by atoms with E-state index in [-0.39, 0.29) is 0 Å². The highest BCUT2D eigenvalue weighted by Crippen LogP contribution is 2.43. The van der Waals surface area contributed by atoms with Crippen LogP contribution in [0.1, 0.15) is 5.56 Å². The second kappa shape index (κ2) is 8.08. The van der Waals surface area contributed by atoms with Gasteiger partial charge in [-0.2, -0.15) is 5.26 Å². The molecule has 0 saturated carbocycles. The molecule has 0 heterocycles. The van der Waals surface area contributed by atoms with Crippen molar-refractivity contribution in [2.24, 2.45) is 0 Å². The van der Waals surface area contributed by atoms with Crippen LogP contribution in [0.5, 0.6) is 0 Å². The topological polar surface area (TPSA) is 23.8 Å². The van der Waals surface area contributed by atoms with Gasteiger partial charge in [-0.05, 0) is 89.6 Å².